The van der Waals surface area contributed by atoms with Crippen molar-refractivity contribution in [1.82, 2.24) is 10.2 Å². The molecule has 1 N–H and O–H groups in total. The molecule has 3 aromatic rings. The SMILES string of the molecule is CC(C)Sc1nnc(NC(=O)[C@@H]2CN(S(=O)(=O)Cc3ccccc3)c3ccccc3O2)s1. The van der Waals surface area contributed by atoms with Crippen LogP contribution in [0.2, 0.25) is 0 Å². The van der Waals surface area contributed by atoms with E-state index in [-0.39, 0.29) is 12.3 Å². The molecular weight excluding hydrogens is 468 g/mol. The maximum atomic E-state index is 13.3. The van der Waals surface area contributed by atoms with E-state index in [1.165, 1.54) is 15.6 Å². The summed E-state index contributed by atoms with van der Waals surface area (Å²) in [6, 6.07) is 15.7. The third kappa shape index (κ3) is 5.22. The lowest BCUT2D eigenvalue weighted by Crippen LogP contribution is -2.49. The topological polar surface area (TPSA) is 101 Å². The van der Waals surface area contributed by atoms with Crippen LogP contribution < -0.4 is 14.4 Å². The van der Waals surface area contributed by atoms with E-state index in [1.54, 1.807) is 60.3 Å². The molecule has 168 valence electrons. The smallest absolute Gasteiger partial charge is 0.269 e. The van der Waals surface area contributed by atoms with Gasteiger partial charge in [-0.3, -0.25) is 14.4 Å². The van der Waals surface area contributed by atoms with Gasteiger partial charge in [0, 0.05) is 5.25 Å². The van der Waals surface area contributed by atoms with Gasteiger partial charge in [0.05, 0.1) is 18.0 Å². The van der Waals surface area contributed by atoms with E-state index in [9.17, 15) is 13.2 Å². The number of rotatable bonds is 7. The van der Waals surface area contributed by atoms with Crippen LogP contribution in [0.3, 0.4) is 0 Å². The fourth-order valence-corrected chi connectivity index (χ4v) is 6.72. The number of nitrogens with one attached hydrogen (secondary N) is 1. The van der Waals surface area contributed by atoms with Crippen molar-refractivity contribution < 1.29 is 17.9 Å². The molecule has 0 aliphatic carbocycles. The number of ether oxygens (including phenoxy) is 1. The average molecular weight is 491 g/mol. The van der Waals surface area contributed by atoms with Gasteiger partial charge in [0.1, 0.15) is 5.75 Å². The number of benzene rings is 2. The van der Waals surface area contributed by atoms with E-state index >= 15 is 0 Å². The molecule has 8 nitrogen and oxygen atoms in total. The van der Waals surface area contributed by atoms with Crippen molar-refractivity contribution in [2.45, 2.75) is 35.3 Å². The van der Waals surface area contributed by atoms with E-state index in [1.807, 2.05) is 19.9 Å². The van der Waals surface area contributed by atoms with Crippen molar-refractivity contribution in [2.75, 3.05) is 16.2 Å². The zero-order valence-electron chi connectivity index (χ0n) is 17.5. The number of fused-ring (bicyclic) bond motifs is 1. The molecule has 0 radical (unpaired) electrons. The lowest BCUT2D eigenvalue weighted by Gasteiger charge is -2.34. The summed E-state index contributed by atoms with van der Waals surface area (Å²) in [5, 5.41) is 11.5. The quantitative estimate of drug-likeness (QED) is 0.397. The maximum absolute atomic E-state index is 13.3. The Morgan fingerprint density at radius 3 is 2.66 bits per heavy atom. The Bertz CT molecular complexity index is 1200. The Morgan fingerprint density at radius 1 is 1.19 bits per heavy atom. The Labute approximate surface area is 195 Å². The highest BCUT2D eigenvalue weighted by molar-refractivity contribution is 8.01. The van der Waals surface area contributed by atoms with Crippen molar-refractivity contribution in [2.24, 2.45) is 0 Å². The molecule has 0 fully saturated rings. The Morgan fingerprint density at radius 2 is 1.91 bits per heavy atom. The highest BCUT2D eigenvalue weighted by atomic mass is 32.2. The van der Waals surface area contributed by atoms with Crippen LogP contribution in [0.5, 0.6) is 5.75 Å². The maximum Gasteiger partial charge on any atom is 0.269 e. The van der Waals surface area contributed by atoms with E-state index < -0.39 is 22.0 Å². The fraction of sp³-hybridized carbons (Fsp3) is 0.286. The van der Waals surface area contributed by atoms with Crippen LogP contribution >= 0.6 is 23.1 Å². The first kappa shape index (κ1) is 22.6. The van der Waals surface area contributed by atoms with Gasteiger partial charge in [-0.1, -0.05) is 79.4 Å². The first-order valence-electron chi connectivity index (χ1n) is 9.93. The second-order valence-electron chi connectivity index (χ2n) is 7.38. The molecule has 0 spiro atoms. The first-order valence-corrected chi connectivity index (χ1v) is 13.2. The summed E-state index contributed by atoms with van der Waals surface area (Å²) in [5.74, 6) is -0.316. The van der Waals surface area contributed by atoms with Crippen molar-refractivity contribution in [3.8, 4) is 5.75 Å². The molecule has 1 atom stereocenters. The van der Waals surface area contributed by atoms with Gasteiger partial charge in [0.25, 0.3) is 5.91 Å². The minimum atomic E-state index is -3.75. The van der Waals surface area contributed by atoms with Crippen LogP contribution in [0, 0.1) is 0 Å². The summed E-state index contributed by atoms with van der Waals surface area (Å²) in [4.78, 5) is 12.9. The molecule has 4 rings (SSSR count). The highest BCUT2D eigenvalue weighted by Crippen LogP contribution is 2.36. The zero-order chi connectivity index (χ0) is 22.7. The van der Waals surface area contributed by atoms with Gasteiger partial charge in [-0.05, 0) is 17.7 Å². The zero-order valence-corrected chi connectivity index (χ0v) is 19.9. The number of amides is 1. The lowest BCUT2D eigenvalue weighted by molar-refractivity contribution is -0.122. The minimum Gasteiger partial charge on any atom is -0.476 e. The third-order valence-electron chi connectivity index (χ3n) is 4.53. The number of aromatic nitrogens is 2. The summed E-state index contributed by atoms with van der Waals surface area (Å²) in [7, 11) is -3.75. The summed E-state index contributed by atoms with van der Waals surface area (Å²) < 4.78 is 34.4. The number of nitrogens with zero attached hydrogens (tertiary/aromatic N) is 3. The van der Waals surface area contributed by atoms with Crippen LogP contribution in [-0.4, -0.2) is 42.4 Å². The van der Waals surface area contributed by atoms with Gasteiger partial charge in [0.15, 0.2) is 10.4 Å². The molecule has 0 bridgehead atoms. The minimum absolute atomic E-state index is 0.135. The molecule has 2 heterocycles. The Hall–Kier alpha value is -2.63. The molecule has 1 amide bonds. The van der Waals surface area contributed by atoms with Gasteiger partial charge in [0.2, 0.25) is 15.2 Å². The van der Waals surface area contributed by atoms with Gasteiger partial charge in [-0.2, -0.15) is 0 Å². The summed E-state index contributed by atoms with van der Waals surface area (Å²) in [6.07, 6.45) is -1.03. The number of sulfonamides is 1. The predicted molar refractivity (Wildman–Crippen MR) is 127 cm³/mol. The van der Waals surface area contributed by atoms with Crippen LogP contribution in [0.25, 0.3) is 0 Å². The van der Waals surface area contributed by atoms with Crippen LogP contribution in [0.4, 0.5) is 10.8 Å². The molecule has 1 aliphatic rings. The summed E-state index contributed by atoms with van der Waals surface area (Å²) in [6.45, 7) is 3.95. The van der Waals surface area contributed by atoms with E-state index in [0.29, 0.717) is 27.4 Å². The standard InChI is InChI=1S/C21H22N4O4S3/c1-14(2)30-21-24-23-20(31-21)22-19(26)18-12-25(16-10-6-7-11-17(16)29-18)32(27,28)13-15-8-4-3-5-9-15/h3-11,14,18H,12-13H2,1-2H3,(H,22,23,26)/t18-/m0/s1. The van der Waals surface area contributed by atoms with Crippen molar-refractivity contribution >= 4 is 49.8 Å². The van der Waals surface area contributed by atoms with Crippen molar-refractivity contribution in [3.05, 3.63) is 60.2 Å². The number of thioether (sulfide) groups is 1. The van der Waals surface area contributed by atoms with E-state index in [4.69, 9.17) is 4.74 Å². The summed E-state index contributed by atoms with van der Waals surface area (Å²) in [5.41, 5.74) is 1.08. The van der Waals surface area contributed by atoms with Gasteiger partial charge in [-0.15, -0.1) is 10.2 Å². The molecule has 2 aromatic carbocycles. The number of hydrogen-bond donors (Lipinski definition) is 1. The monoisotopic (exact) mass is 490 g/mol. The third-order valence-corrected chi connectivity index (χ3v) is 8.17. The molecule has 0 saturated carbocycles. The molecule has 11 heteroatoms. The first-order chi connectivity index (χ1) is 15.3. The molecule has 0 unspecified atom stereocenters. The van der Waals surface area contributed by atoms with Crippen LogP contribution in [0.15, 0.2) is 58.9 Å². The number of carbonyl (C=O) groups excluding carboxylic acids is 1. The van der Waals surface area contributed by atoms with Crippen molar-refractivity contribution in [3.63, 3.8) is 0 Å². The van der Waals surface area contributed by atoms with Gasteiger partial charge in [-0.25, -0.2) is 8.42 Å². The highest BCUT2D eigenvalue weighted by Gasteiger charge is 2.37. The molecule has 1 aliphatic heterocycles. The van der Waals surface area contributed by atoms with E-state index in [2.05, 4.69) is 15.5 Å². The van der Waals surface area contributed by atoms with E-state index in [0.717, 1.165) is 4.34 Å². The number of carbonyl (C=O) groups is 1. The Kier molecular flexibility index (Phi) is 6.68. The van der Waals surface area contributed by atoms with Crippen LogP contribution in [0.1, 0.15) is 19.4 Å². The Balaban J connectivity index is 1.55. The molecule has 32 heavy (non-hydrogen) atoms. The molecular formula is C21H22N4O4S3. The lowest BCUT2D eigenvalue weighted by atomic mass is 10.2. The molecule has 1 aromatic heterocycles. The number of hydrogen-bond acceptors (Lipinski definition) is 8. The second-order valence-corrected chi connectivity index (χ2v) is 12.1. The average Bonchev–Trinajstić information content (AvgIpc) is 3.19. The fourth-order valence-electron chi connectivity index (χ4n) is 3.16. The summed E-state index contributed by atoms with van der Waals surface area (Å²) >= 11 is 2.82. The predicted octanol–water partition coefficient (Wildman–Crippen LogP) is 3.77. The van der Waals surface area contributed by atoms with Crippen molar-refractivity contribution in [1.29, 1.82) is 0 Å². The van der Waals surface area contributed by atoms with Gasteiger partial charge >= 0.3 is 0 Å². The van der Waals surface area contributed by atoms with Crippen LogP contribution in [-0.2, 0) is 20.6 Å². The second kappa shape index (κ2) is 9.47. The number of anilines is 2. The molecule has 0 saturated heterocycles. The van der Waals surface area contributed by atoms with Gasteiger partial charge < -0.3 is 4.74 Å². The number of para-hydroxylation sites is 2. The largest absolute Gasteiger partial charge is 0.476 e. The normalized spacial score (nSPS) is 15.8.